The molecular weight excluding hydrogens is 354 g/mol. The molecule has 0 aliphatic heterocycles. The highest BCUT2D eigenvalue weighted by atomic mass is 32.2. The molecule has 0 saturated heterocycles. The fraction of sp³-hybridized carbons (Fsp3) is 0.444. The van der Waals surface area contributed by atoms with Gasteiger partial charge in [-0.1, -0.05) is 43.2 Å². The standard InChI is InChI=1S/C18H23N3O4S/c1-20-12-15(16(22)21(2)17(20)23)26(24,25)19-13-18(10-6-7-11-18)14-8-4-3-5-9-14/h3-5,8-9,12,19H,6-7,10-11,13H2,1-2H3. The van der Waals surface area contributed by atoms with E-state index in [9.17, 15) is 18.0 Å². The molecule has 1 saturated carbocycles. The summed E-state index contributed by atoms with van der Waals surface area (Å²) in [5, 5.41) is 0. The predicted molar refractivity (Wildman–Crippen MR) is 98.7 cm³/mol. The molecule has 0 bridgehead atoms. The molecule has 1 N–H and O–H groups in total. The molecule has 1 aliphatic carbocycles. The van der Waals surface area contributed by atoms with Gasteiger partial charge in [-0.3, -0.25) is 9.36 Å². The van der Waals surface area contributed by atoms with Crippen molar-refractivity contribution >= 4 is 10.0 Å². The van der Waals surface area contributed by atoms with Crippen LogP contribution < -0.4 is 16.0 Å². The highest BCUT2D eigenvalue weighted by Gasteiger charge is 2.37. The molecule has 1 aliphatic rings. The molecule has 140 valence electrons. The average molecular weight is 377 g/mol. The van der Waals surface area contributed by atoms with Gasteiger partial charge in [0.2, 0.25) is 10.0 Å². The van der Waals surface area contributed by atoms with Gasteiger partial charge in [-0.05, 0) is 18.4 Å². The zero-order valence-corrected chi connectivity index (χ0v) is 15.8. The molecule has 1 heterocycles. The molecule has 8 heteroatoms. The fourth-order valence-electron chi connectivity index (χ4n) is 3.68. The van der Waals surface area contributed by atoms with Crippen molar-refractivity contribution in [2.45, 2.75) is 36.0 Å². The SMILES string of the molecule is Cn1cc(S(=O)(=O)NCC2(c3ccccc3)CCCC2)c(=O)n(C)c1=O. The fourth-order valence-corrected chi connectivity index (χ4v) is 4.97. The summed E-state index contributed by atoms with van der Waals surface area (Å²) in [6.07, 6.45) is 4.95. The van der Waals surface area contributed by atoms with Gasteiger partial charge in [0.25, 0.3) is 5.56 Å². The van der Waals surface area contributed by atoms with Crippen LogP contribution in [0.3, 0.4) is 0 Å². The second kappa shape index (κ2) is 6.85. The second-order valence-corrected chi connectivity index (χ2v) is 8.66. The van der Waals surface area contributed by atoms with Crippen LogP contribution in [0.15, 0.2) is 51.0 Å². The van der Waals surface area contributed by atoms with Gasteiger partial charge in [0.05, 0.1) is 0 Å². The van der Waals surface area contributed by atoms with Crippen molar-refractivity contribution in [3.63, 3.8) is 0 Å². The van der Waals surface area contributed by atoms with Crippen LogP contribution in [0.4, 0.5) is 0 Å². The Balaban J connectivity index is 1.93. The van der Waals surface area contributed by atoms with Crippen molar-refractivity contribution in [2.24, 2.45) is 14.1 Å². The molecule has 0 amide bonds. The minimum absolute atomic E-state index is 0.228. The number of rotatable bonds is 5. The van der Waals surface area contributed by atoms with Gasteiger partial charge in [-0.25, -0.2) is 17.9 Å². The molecule has 1 fully saturated rings. The van der Waals surface area contributed by atoms with Gasteiger partial charge < -0.3 is 4.57 Å². The summed E-state index contributed by atoms with van der Waals surface area (Å²) in [5.74, 6) is 0. The van der Waals surface area contributed by atoms with Crippen LogP contribution in [-0.4, -0.2) is 24.1 Å². The van der Waals surface area contributed by atoms with Crippen molar-refractivity contribution in [1.82, 2.24) is 13.9 Å². The lowest BCUT2D eigenvalue weighted by Gasteiger charge is -2.30. The number of hydrogen-bond donors (Lipinski definition) is 1. The first kappa shape index (κ1) is 18.6. The molecule has 7 nitrogen and oxygen atoms in total. The van der Waals surface area contributed by atoms with E-state index < -0.39 is 26.2 Å². The summed E-state index contributed by atoms with van der Waals surface area (Å²) in [6, 6.07) is 9.87. The average Bonchev–Trinajstić information content (AvgIpc) is 3.12. The predicted octanol–water partition coefficient (Wildman–Crippen LogP) is 0.874. The monoisotopic (exact) mass is 377 g/mol. The zero-order valence-electron chi connectivity index (χ0n) is 14.9. The van der Waals surface area contributed by atoms with E-state index >= 15 is 0 Å². The Kier molecular flexibility index (Phi) is 4.90. The van der Waals surface area contributed by atoms with Crippen molar-refractivity contribution < 1.29 is 8.42 Å². The minimum atomic E-state index is -4.03. The third kappa shape index (κ3) is 3.26. The molecule has 3 rings (SSSR count). The first-order chi connectivity index (χ1) is 12.3. The molecule has 0 radical (unpaired) electrons. The number of benzene rings is 1. The molecule has 26 heavy (non-hydrogen) atoms. The van der Waals surface area contributed by atoms with E-state index in [2.05, 4.69) is 4.72 Å². The van der Waals surface area contributed by atoms with Crippen LogP contribution in [0.1, 0.15) is 31.2 Å². The first-order valence-electron chi connectivity index (χ1n) is 8.59. The number of aromatic nitrogens is 2. The van der Waals surface area contributed by atoms with E-state index in [1.165, 1.54) is 14.1 Å². The zero-order chi connectivity index (χ0) is 18.9. The molecule has 0 unspecified atom stereocenters. The summed E-state index contributed by atoms with van der Waals surface area (Å²) >= 11 is 0. The quantitative estimate of drug-likeness (QED) is 0.837. The lowest BCUT2D eigenvalue weighted by molar-refractivity contribution is 0.431. The van der Waals surface area contributed by atoms with Crippen molar-refractivity contribution in [2.75, 3.05) is 6.54 Å². The maximum atomic E-state index is 12.8. The van der Waals surface area contributed by atoms with Crippen LogP contribution in [-0.2, 0) is 29.5 Å². The first-order valence-corrected chi connectivity index (χ1v) is 10.1. The van der Waals surface area contributed by atoms with Gasteiger partial charge in [-0.15, -0.1) is 0 Å². The van der Waals surface area contributed by atoms with Gasteiger partial charge >= 0.3 is 5.69 Å². The maximum Gasteiger partial charge on any atom is 0.330 e. The number of nitrogens with zero attached hydrogens (tertiary/aromatic N) is 2. The topological polar surface area (TPSA) is 90.2 Å². The smallest absolute Gasteiger partial charge is 0.302 e. The second-order valence-electron chi connectivity index (χ2n) is 6.93. The lowest BCUT2D eigenvalue weighted by atomic mass is 9.79. The Hall–Kier alpha value is -2.19. The molecular formula is C18H23N3O4S. The van der Waals surface area contributed by atoms with E-state index in [-0.39, 0.29) is 12.0 Å². The Labute approximate surface area is 152 Å². The minimum Gasteiger partial charge on any atom is -0.302 e. The summed E-state index contributed by atoms with van der Waals surface area (Å²) in [5.41, 5.74) is -0.542. The number of aryl methyl sites for hydroxylation is 1. The van der Waals surface area contributed by atoms with Crippen molar-refractivity contribution in [3.05, 3.63) is 62.9 Å². The number of sulfonamides is 1. The van der Waals surface area contributed by atoms with Crippen LogP contribution >= 0.6 is 0 Å². The Morgan fingerprint density at radius 2 is 1.69 bits per heavy atom. The van der Waals surface area contributed by atoms with Crippen LogP contribution in [0.5, 0.6) is 0 Å². The van der Waals surface area contributed by atoms with Crippen molar-refractivity contribution in [3.8, 4) is 0 Å². The normalized spacial score (nSPS) is 16.7. The highest BCUT2D eigenvalue weighted by molar-refractivity contribution is 7.89. The third-order valence-corrected chi connectivity index (χ3v) is 6.64. The molecule has 2 aromatic rings. The summed E-state index contributed by atoms with van der Waals surface area (Å²) in [6.45, 7) is 0.228. The molecule has 1 aromatic heterocycles. The summed E-state index contributed by atoms with van der Waals surface area (Å²) in [7, 11) is -1.34. The Morgan fingerprint density at radius 3 is 2.31 bits per heavy atom. The van der Waals surface area contributed by atoms with Gasteiger partial charge in [0.15, 0.2) is 4.90 Å². The summed E-state index contributed by atoms with van der Waals surface area (Å²) < 4.78 is 30.0. The van der Waals surface area contributed by atoms with Gasteiger partial charge in [-0.2, -0.15) is 0 Å². The number of hydrogen-bond acceptors (Lipinski definition) is 4. The van der Waals surface area contributed by atoms with Crippen LogP contribution in [0.25, 0.3) is 0 Å². The largest absolute Gasteiger partial charge is 0.330 e. The van der Waals surface area contributed by atoms with E-state index in [1.807, 2.05) is 30.3 Å². The number of nitrogens with one attached hydrogen (secondary N) is 1. The molecule has 0 atom stereocenters. The van der Waals surface area contributed by atoms with Crippen LogP contribution in [0, 0.1) is 0 Å². The maximum absolute atomic E-state index is 12.8. The van der Waals surface area contributed by atoms with Crippen molar-refractivity contribution in [1.29, 1.82) is 0 Å². The molecule has 1 aromatic carbocycles. The van der Waals surface area contributed by atoms with E-state index in [0.29, 0.717) is 0 Å². The summed E-state index contributed by atoms with van der Waals surface area (Å²) in [4.78, 5) is 23.6. The Bertz CT molecular complexity index is 1020. The van der Waals surface area contributed by atoms with Gasteiger partial charge in [0.1, 0.15) is 0 Å². The molecule has 0 spiro atoms. The van der Waals surface area contributed by atoms with Gasteiger partial charge in [0, 0.05) is 32.3 Å². The van der Waals surface area contributed by atoms with Crippen LogP contribution in [0.2, 0.25) is 0 Å². The third-order valence-electron chi connectivity index (χ3n) is 5.25. The Morgan fingerprint density at radius 1 is 1.08 bits per heavy atom. The van der Waals surface area contributed by atoms with E-state index in [1.54, 1.807) is 0 Å². The lowest BCUT2D eigenvalue weighted by Crippen LogP contribution is -2.44. The highest BCUT2D eigenvalue weighted by Crippen LogP contribution is 2.40. The van der Waals surface area contributed by atoms with E-state index in [4.69, 9.17) is 0 Å². The van der Waals surface area contributed by atoms with E-state index in [0.717, 1.165) is 46.6 Å².